The molecule has 0 aliphatic carbocycles. The van der Waals surface area contributed by atoms with Crippen LogP contribution in [0.2, 0.25) is 0 Å². The Morgan fingerprint density at radius 2 is 1.95 bits per heavy atom. The Morgan fingerprint density at radius 1 is 1.25 bits per heavy atom. The van der Waals surface area contributed by atoms with Crippen LogP contribution < -0.4 is 9.47 Å². The van der Waals surface area contributed by atoms with Crippen LogP contribution in [0.25, 0.3) is 0 Å². The second-order valence-electron chi connectivity index (χ2n) is 4.90. The van der Waals surface area contributed by atoms with Crippen LogP contribution in [0.15, 0.2) is 16.6 Å². The lowest BCUT2D eigenvalue weighted by Crippen LogP contribution is -2.14. The molecule has 2 rings (SSSR count). The first-order valence-electron chi connectivity index (χ1n) is 6.98. The molecule has 1 aliphatic rings. The largest absolute Gasteiger partial charge is 0.454 e. The van der Waals surface area contributed by atoms with E-state index < -0.39 is 0 Å². The molecular formula is C15H20Br2O3. The van der Waals surface area contributed by atoms with Gasteiger partial charge in [-0.3, -0.25) is 0 Å². The van der Waals surface area contributed by atoms with Crippen molar-refractivity contribution in [3.8, 4) is 11.5 Å². The van der Waals surface area contributed by atoms with Crippen molar-refractivity contribution in [3.05, 3.63) is 22.2 Å². The lowest BCUT2D eigenvalue weighted by molar-refractivity contribution is 0.0519. The molecule has 1 aromatic rings. The minimum atomic E-state index is -0.00395. The standard InChI is InChI=1S/C15H20Br2O3/c1-3-4-5-6-18-15(10(2)16)11-7-13-14(8-12(11)17)20-9-19-13/h7-8,10,15H,3-6,9H2,1-2H3. The normalized spacial score (nSPS) is 16.2. The van der Waals surface area contributed by atoms with Crippen molar-refractivity contribution in [2.45, 2.75) is 44.0 Å². The van der Waals surface area contributed by atoms with Crippen molar-refractivity contribution < 1.29 is 14.2 Å². The molecular weight excluding hydrogens is 388 g/mol. The van der Waals surface area contributed by atoms with Gasteiger partial charge in [-0.05, 0) is 25.5 Å². The molecule has 5 heteroatoms. The summed E-state index contributed by atoms with van der Waals surface area (Å²) in [6.45, 7) is 5.35. The first kappa shape index (κ1) is 16.1. The predicted molar refractivity (Wildman–Crippen MR) is 86.9 cm³/mol. The SMILES string of the molecule is CCCCCOC(c1cc2c(cc1Br)OCO2)C(C)Br. The molecule has 1 aliphatic heterocycles. The van der Waals surface area contributed by atoms with Gasteiger partial charge >= 0.3 is 0 Å². The summed E-state index contributed by atoms with van der Waals surface area (Å²) in [5.41, 5.74) is 1.09. The van der Waals surface area contributed by atoms with E-state index >= 15 is 0 Å². The van der Waals surface area contributed by atoms with E-state index in [1.54, 1.807) is 0 Å². The number of fused-ring (bicyclic) bond motifs is 1. The van der Waals surface area contributed by atoms with Crippen molar-refractivity contribution >= 4 is 31.9 Å². The zero-order valence-electron chi connectivity index (χ0n) is 11.8. The highest BCUT2D eigenvalue weighted by Crippen LogP contribution is 2.41. The molecule has 0 saturated heterocycles. The molecule has 2 atom stereocenters. The highest BCUT2D eigenvalue weighted by Gasteiger charge is 2.24. The Morgan fingerprint density at radius 3 is 2.60 bits per heavy atom. The molecule has 0 radical (unpaired) electrons. The zero-order chi connectivity index (χ0) is 14.5. The van der Waals surface area contributed by atoms with Gasteiger partial charge in [0.2, 0.25) is 6.79 Å². The molecule has 0 saturated carbocycles. The minimum Gasteiger partial charge on any atom is -0.454 e. The molecule has 0 N–H and O–H groups in total. The lowest BCUT2D eigenvalue weighted by Gasteiger charge is -2.22. The maximum absolute atomic E-state index is 6.06. The number of hydrogen-bond donors (Lipinski definition) is 0. The van der Waals surface area contributed by atoms with Gasteiger partial charge in [0.05, 0.1) is 6.10 Å². The van der Waals surface area contributed by atoms with Gasteiger partial charge < -0.3 is 14.2 Å². The van der Waals surface area contributed by atoms with Crippen LogP contribution in [0.3, 0.4) is 0 Å². The van der Waals surface area contributed by atoms with Gasteiger partial charge in [-0.15, -0.1) is 0 Å². The number of halogens is 2. The molecule has 1 heterocycles. The summed E-state index contributed by atoms with van der Waals surface area (Å²) in [6.07, 6.45) is 3.49. The third-order valence-corrected chi connectivity index (χ3v) is 4.43. The first-order valence-corrected chi connectivity index (χ1v) is 8.69. The van der Waals surface area contributed by atoms with Crippen molar-refractivity contribution in [2.24, 2.45) is 0 Å². The van der Waals surface area contributed by atoms with E-state index in [1.165, 1.54) is 12.8 Å². The van der Waals surface area contributed by atoms with Gasteiger partial charge in [-0.2, -0.15) is 0 Å². The van der Waals surface area contributed by atoms with E-state index in [0.717, 1.165) is 34.6 Å². The van der Waals surface area contributed by atoms with E-state index in [9.17, 15) is 0 Å². The van der Waals surface area contributed by atoms with Crippen LogP contribution in [0.5, 0.6) is 11.5 Å². The average molecular weight is 408 g/mol. The molecule has 0 amide bonds. The van der Waals surface area contributed by atoms with Gasteiger partial charge in [0, 0.05) is 21.5 Å². The maximum Gasteiger partial charge on any atom is 0.231 e. The molecule has 0 fully saturated rings. The molecule has 2 unspecified atom stereocenters. The van der Waals surface area contributed by atoms with E-state index in [2.05, 4.69) is 45.7 Å². The summed E-state index contributed by atoms with van der Waals surface area (Å²) < 4.78 is 17.9. The van der Waals surface area contributed by atoms with Crippen molar-refractivity contribution in [3.63, 3.8) is 0 Å². The maximum atomic E-state index is 6.06. The zero-order valence-corrected chi connectivity index (χ0v) is 15.0. The minimum absolute atomic E-state index is 0.00395. The van der Waals surface area contributed by atoms with Crippen LogP contribution in [0, 0.1) is 0 Å². The van der Waals surface area contributed by atoms with Gasteiger partial charge in [0.25, 0.3) is 0 Å². The summed E-state index contributed by atoms with van der Waals surface area (Å²) in [7, 11) is 0. The fourth-order valence-electron chi connectivity index (χ4n) is 2.18. The van der Waals surface area contributed by atoms with E-state index in [4.69, 9.17) is 14.2 Å². The monoisotopic (exact) mass is 406 g/mol. The Labute approximate surface area is 137 Å². The van der Waals surface area contributed by atoms with Gasteiger partial charge in [-0.25, -0.2) is 0 Å². The number of ether oxygens (including phenoxy) is 3. The molecule has 0 aromatic heterocycles. The van der Waals surface area contributed by atoms with E-state index in [1.807, 2.05) is 12.1 Å². The second-order valence-corrected chi connectivity index (χ2v) is 7.20. The topological polar surface area (TPSA) is 27.7 Å². The van der Waals surface area contributed by atoms with E-state index in [-0.39, 0.29) is 17.7 Å². The quantitative estimate of drug-likeness (QED) is 0.458. The van der Waals surface area contributed by atoms with Crippen LogP contribution in [-0.4, -0.2) is 18.2 Å². The Balaban J connectivity index is 2.12. The van der Waals surface area contributed by atoms with Gasteiger partial charge in [0.15, 0.2) is 11.5 Å². The number of alkyl halides is 1. The molecule has 0 bridgehead atoms. The van der Waals surface area contributed by atoms with Crippen LogP contribution >= 0.6 is 31.9 Å². The summed E-state index contributed by atoms with van der Waals surface area (Å²) in [5.74, 6) is 1.58. The molecule has 3 nitrogen and oxygen atoms in total. The van der Waals surface area contributed by atoms with Crippen molar-refractivity contribution in [1.82, 2.24) is 0 Å². The third kappa shape index (κ3) is 3.89. The second kappa shape index (κ2) is 7.66. The van der Waals surface area contributed by atoms with Crippen LogP contribution in [-0.2, 0) is 4.74 Å². The Kier molecular flexibility index (Phi) is 6.18. The first-order chi connectivity index (χ1) is 9.63. The summed E-state index contributed by atoms with van der Waals surface area (Å²) >= 11 is 7.25. The average Bonchev–Trinajstić information content (AvgIpc) is 2.85. The Bertz CT molecular complexity index is 449. The number of benzene rings is 1. The van der Waals surface area contributed by atoms with Gasteiger partial charge in [-0.1, -0.05) is 51.6 Å². The fraction of sp³-hybridized carbons (Fsp3) is 0.600. The van der Waals surface area contributed by atoms with Crippen molar-refractivity contribution in [2.75, 3.05) is 13.4 Å². The molecule has 20 heavy (non-hydrogen) atoms. The molecule has 112 valence electrons. The van der Waals surface area contributed by atoms with Crippen LogP contribution in [0.4, 0.5) is 0 Å². The molecule has 0 spiro atoms. The van der Waals surface area contributed by atoms with Gasteiger partial charge in [0.1, 0.15) is 0 Å². The number of rotatable bonds is 7. The Hall–Kier alpha value is -0.260. The number of unbranched alkanes of at least 4 members (excludes halogenated alkanes) is 2. The predicted octanol–water partition coefficient (Wildman–Crippen LogP) is 5.21. The van der Waals surface area contributed by atoms with Crippen LogP contribution in [0.1, 0.15) is 44.8 Å². The third-order valence-electron chi connectivity index (χ3n) is 3.26. The summed E-state index contributed by atoms with van der Waals surface area (Å²) in [4.78, 5) is 0.223. The smallest absolute Gasteiger partial charge is 0.231 e. The lowest BCUT2D eigenvalue weighted by atomic mass is 10.1. The van der Waals surface area contributed by atoms with Crippen molar-refractivity contribution in [1.29, 1.82) is 0 Å². The van der Waals surface area contributed by atoms with E-state index in [0.29, 0.717) is 0 Å². The summed E-state index contributed by atoms with van der Waals surface area (Å²) in [6, 6.07) is 3.96. The highest BCUT2D eigenvalue weighted by atomic mass is 79.9. The highest BCUT2D eigenvalue weighted by molar-refractivity contribution is 9.10. The summed E-state index contributed by atoms with van der Waals surface area (Å²) in [5, 5.41) is 0. The fourth-order valence-corrected chi connectivity index (χ4v) is 3.17. The molecule has 1 aromatic carbocycles. The number of hydrogen-bond acceptors (Lipinski definition) is 3.